The number of rotatable bonds is 7. The second-order valence-electron chi connectivity index (χ2n) is 10.2. The second kappa shape index (κ2) is 11.1. The van der Waals surface area contributed by atoms with Gasteiger partial charge in [-0.3, -0.25) is 14.9 Å². The lowest BCUT2D eigenvalue weighted by atomic mass is 10.00. The van der Waals surface area contributed by atoms with Crippen molar-refractivity contribution in [1.82, 2.24) is 0 Å². The summed E-state index contributed by atoms with van der Waals surface area (Å²) in [7, 11) is 0. The van der Waals surface area contributed by atoms with E-state index >= 15 is 0 Å². The summed E-state index contributed by atoms with van der Waals surface area (Å²) in [5.74, 6) is 0.194. The molecule has 0 radical (unpaired) electrons. The fraction of sp³-hybridized carbons (Fsp3) is 0.121. The fourth-order valence-electron chi connectivity index (χ4n) is 4.84. The van der Waals surface area contributed by atoms with E-state index in [0.717, 1.165) is 17.0 Å². The molecule has 0 bridgehead atoms. The molecule has 2 aliphatic rings. The smallest absolute Gasteiger partial charge is 0.269 e. The predicted octanol–water partition coefficient (Wildman–Crippen LogP) is 7.60. The molecule has 0 aliphatic carbocycles. The Morgan fingerprint density at radius 1 is 0.810 bits per heavy atom. The summed E-state index contributed by atoms with van der Waals surface area (Å²) in [4.78, 5) is 23.5. The monoisotopic (exact) mass is 573 g/mol. The number of Topliss-reactive ketones (excluding diaryl/α,β-unsaturated/α-hetero) is 1. The minimum Gasteiger partial charge on any atom is -0.286 e. The average molecular weight is 574 g/mol. The molecule has 0 unspecified atom stereocenters. The van der Waals surface area contributed by atoms with E-state index < -0.39 is 9.92 Å². The van der Waals surface area contributed by atoms with Gasteiger partial charge in [-0.25, -0.2) is 10.0 Å². The van der Waals surface area contributed by atoms with Gasteiger partial charge >= 0.3 is 0 Å². The van der Waals surface area contributed by atoms with Crippen LogP contribution in [0.3, 0.4) is 0 Å². The number of hydrogen-bond acceptors (Lipinski definition) is 8. The Kier molecular flexibility index (Phi) is 7.18. The SMILES string of the molecule is CC(C)c1ccc(C2=NN(c3ccccc3)[C@]3(C=C2)SC(C(=O)c2ccccc2)=NN3c2ccc([N+](=O)[O-])cc2)cc1. The maximum atomic E-state index is 13.7. The van der Waals surface area contributed by atoms with Gasteiger partial charge < -0.3 is 0 Å². The van der Waals surface area contributed by atoms with Gasteiger partial charge in [-0.15, -0.1) is 0 Å². The molecule has 4 aromatic rings. The highest BCUT2D eigenvalue weighted by Gasteiger charge is 2.51. The van der Waals surface area contributed by atoms with Crippen molar-refractivity contribution in [1.29, 1.82) is 0 Å². The van der Waals surface area contributed by atoms with E-state index in [1.54, 1.807) is 29.3 Å². The van der Waals surface area contributed by atoms with E-state index in [1.807, 2.05) is 65.7 Å². The molecular formula is C33H27N5O3S. The molecule has 8 nitrogen and oxygen atoms in total. The van der Waals surface area contributed by atoms with Crippen LogP contribution in [0.5, 0.6) is 0 Å². The van der Waals surface area contributed by atoms with E-state index in [4.69, 9.17) is 10.2 Å². The average Bonchev–Trinajstić information content (AvgIpc) is 3.41. The molecule has 2 heterocycles. The van der Waals surface area contributed by atoms with Crippen LogP contribution in [0.4, 0.5) is 17.1 Å². The molecule has 0 N–H and O–H groups in total. The van der Waals surface area contributed by atoms with Crippen molar-refractivity contribution in [2.24, 2.45) is 10.2 Å². The Bertz CT molecular complexity index is 1720. The molecule has 1 atom stereocenters. The lowest BCUT2D eigenvalue weighted by Gasteiger charge is -2.43. The zero-order chi connectivity index (χ0) is 29.3. The van der Waals surface area contributed by atoms with Gasteiger partial charge in [0.25, 0.3) is 5.69 Å². The first kappa shape index (κ1) is 27.2. The van der Waals surface area contributed by atoms with Gasteiger partial charge in [0.2, 0.25) is 10.8 Å². The number of ketones is 1. The summed E-state index contributed by atoms with van der Waals surface area (Å²) in [5, 5.41) is 25.2. The highest BCUT2D eigenvalue weighted by molar-refractivity contribution is 8.17. The maximum Gasteiger partial charge on any atom is 0.269 e. The first-order valence-electron chi connectivity index (χ1n) is 13.5. The number of hydrazone groups is 2. The summed E-state index contributed by atoms with van der Waals surface area (Å²) in [6.45, 7) is 4.32. The van der Waals surface area contributed by atoms with E-state index in [1.165, 1.54) is 29.5 Å². The van der Waals surface area contributed by atoms with Gasteiger partial charge in [-0.2, -0.15) is 10.2 Å². The molecule has 6 rings (SSSR count). The second-order valence-corrected chi connectivity index (χ2v) is 11.4. The van der Waals surface area contributed by atoms with E-state index in [9.17, 15) is 14.9 Å². The third-order valence-electron chi connectivity index (χ3n) is 7.12. The van der Waals surface area contributed by atoms with Crippen LogP contribution >= 0.6 is 11.8 Å². The molecule has 208 valence electrons. The van der Waals surface area contributed by atoms with Crippen LogP contribution in [0.25, 0.3) is 0 Å². The zero-order valence-electron chi connectivity index (χ0n) is 23.0. The first-order valence-corrected chi connectivity index (χ1v) is 14.3. The minimum atomic E-state index is -1.10. The predicted molar refractivity (Wildman–Crippen MR) is 169 cm³/mol. The zero-order valence-corrected chi connectivity index (χ0v) is 23.8. The van der Waals surface area contributed by atoms with Crippen molar-refractivity contribution in [2.45, 2.75) is 24.8 Å². The van der Waals surface area contributed by atoms with Gasteiger partial charge in [-0.1, -0.05) is 86.6 Å². The van der Waals surface area contributed by atoms with Crippen molar-refractivity contribution in [3.63, 3.8) is 0 Å². The molecule has 2 aliphatic heterocycles. The third-order valence-corrected chi connectivity index (χ3v) is 8.36. The number of nitro benzene ring substituents is 1. The molecular weight excluding hydrogens is 546 g/mol. The molecule has 1 spiro atoms. The van der Waals surface area contributed by atoms with Crippen LogP contribution in [0.1, 0.15) is 41.3 Å². The van der Waals surface area contributed by atoms with Gasteiger partial charge in [0.15, 0.2) is 5.04 Å². The number of para-hydroxylation sites is 1. The van der Waals surface area contributed by atoms with Crippen molar-refractivity contribution < 1.29 is 9.72 Å². The van der Waals surface area contributed by atoms with Gasteiger partial charge in [-0.05, 0) is 59.7 Å². The van der Waals surface area contributed by atoms with E-state index in [-0.39, 0.29) is 16.5 Å². The Morgan fingerprint density at radius 3 is 2.02 bits per heavy atom. The minimum absolute atomic E-state index is 0.0338. The lowest BCUT2D eigenvalue weighted by Crippen LogP contribution is -2.53. The lowest BCUT2D eigenvalue weighted by molar-refractivity contribution is -0.384. The number of anilines is 2. The summed E-state index contributed by atoms with van der Waals surface area (Å²) in [6.07, 6.45) is 3.93. The maximum absolute atomic E-state index is 13.7. The quantitative estimate of drug-likeness (QED) is 0.128. The third kappa shape index (κ3) is 4.99. The number of hydrogen-bond donors (Lipinski definition) is 0. The Morgan fingerprint density at radius 2 is 1.40 bits per heavy atom. The normalized spacial score (nSPS) is 17.9. The Hall–Kier alpha value is -5.02. The van der Waals surface area contributed by atoms with Crippen molar-refractivity contribution in [2.75, 3.05) is 10.0 Å². The largest absolute Gasteiger partial charge is 0.286 e. The summed E-state index contributed by atoms with van der Waals surface area (Å²) in [6, 6.07) is 33.2. The molecule has 0 saturated carbocycles. The standard InChI is InChI=1S/C33H27N5O3S/c1-23(2)24-13-15-25(16-14-24)30-21-22-33(36(34-30)27-11-7-4-8-12-27)37(28-17-19-29(20-18-28)38(40)41)35-32(42-33)31(39)26-9-5-3-6-10-26/h3-23H,1-2H3/t33-/m0/s1. The highest BCUT2D eigenvalue weighted by atomic mass is 32.2. The van der Waals surface area contributed by atoms with Crippen molar-refractivity contribution in [3.8, 4) is 0 Å². The van der Waals surface area contributed by atoms with E-state index in [2.05, 4.69) is 38.1 Å². The molecule has 42 heavy (non-hydrogen) atoms. The van der Waals surface area contributed by atoms with Crippen LogP contribution < -0.4 is 10.0 Å². The molecule has 4 aromatic carbocycles. The number of nitro groups is 1. The molecule has 0 fully saturated rings. The van der Waals surface area contributed by atoms with Crippen LogP contribution in [0.15, 0.2) is 132 Å². The molecule has 9 heteroatoms. The number of allylic oxidation sites excluding steroid dienone is 1. The number of non-ortho nitro benzene ring substituents is 1. The number of carbonyl (C=O) groups excluding carboxylic acids is 1. The van der Waals surface area contributed by atoms with Crippen LogP contribution in [0.2, 0.25) is 0 Å². The first-order chi connectivity index (χ1) is 20.4. The van der Waals surface area contributed by atoms with E-state index in [0.29, 0.717) is 17.2 Å². The number of thioether (sulfide) groups is 1. The van der Waals surface area contributed by atoms with Gasteiger partial charge in [0.05, 0.1) is 22.0 Å². The van der Waals surface area contributed by atoms with Crippen molar-refractivity contribution in [3.05, 3.63) is 148 Å². The number of carbonyl (C=O) groups is 1. The van der Waals surface area contributed by atoms with Crippen LogP contribution in [0, 0.1) is 10.1 Å². The summed E-state index contributed by atoms with van der Waals surface area (Å²) >= 11 is 1.28. The Labute approximate surface area is 247 Å². The fourth-order valence-corrected chi connectivity index (χ4v) is 6.06. The summed E-state index contributed by atoms with van der Waals surface area (Å²) in [5.41, 5.74) is 4.81. The molecule has 0 aromatic heterocycles. The number of benzene rings is 4. The van der Waals surface area contributed by atoms with Crippen LogP contribution in [-0.2, 0) is 0 Å². The van der Waals surface area contributed by atoms with Gasteiger partial charge in [0, 0.05) is 23.3 Å². The Balaban J connectivity index is 1.48. The number of nitrogens with zero attached hydrogens (tertiary/aromatic N) is 5. The highest BCUT2D eigenvalue weighted by Crippen LogP contribution is 2.48. The molecule has 0 amide bonds. The van der Waals surface area contributed by atoms with Gasteiger partial charge in [0.1, 0.15) is 0 Å². The van der Waals surface area contributed by atoms with Crippen LogP contribution in [-0.4, -0.2) is 26.5 Å². The summed E-state index contributed by atoms with van der Waals surface area (Å²) < 4.78 is 0. The van der Waals surface area contributed by atoms with Crippen molar-refractivity contribution >= 4 is 45.4 Å². The topological polar surface area (TPSA) is 91.4 Å². The molecule has 0 saturated heterocycles.